The number of carbonyl (C=O) groups excluding carboxylic acids is 1. The summed E-state index contributed by atoms with van der Waals surface area (Å²) in [5.41, 5.74) is 0.835. The number of rotatable bonds is 1. The van der Waals surface area contributed by atoms with E-state index in [1.54, 1.807) is 6.20 Å². The van der Waals surface area contributed by atoms with Crippen LogP contribution in [0.2, 0.25) is 0 Å². The van der Waals surface area contributed by atoms with Crippen molar-refractivity contribution < 1.29 is 9.90 Å². The van der Waals surface area contributed by atoms with E-state index < -0.39 is 6.61 Å². The minimum absolute atomic E-state index is 0.304. The maximum absolute atomic E-state index is 11.2. The molecule has 0 saturated carbocycles. The molecule has 0 unspecified atom stereocenters. The molecule has 0 bridgehead atoms. The summed E-state index contributed by atoms with van der Waals surface area (Å²) in [6.07, 6.45) is 1.67. The Hall–Kier alpha value is -1.61. The SMILES string of the molecule is O=C(CO)n1ccc2ccccc21. The van der Waals surface area contributed by atoms with Crippen LogP contribution >= 0.6 is 0 Å². The molecule has 2 aromatic rings. The summed E-state index contributed by atoms with van der Waals surface area (Å²) in [5.74, 6) is -0.304. The topological polar surface area (TPSA) is 42.2 Å². The second kappa shape index (κ2) is 3.03. The standard InChI is InChI=1S/C10H9NO2/c12-7-10(13)11-6-5-8-3-1-2-4-9(8)11/h1-6,12H,7H2. The number of aliphatic hydroxyl groups excluding tert-OH is 1. The molecule has 1 heterocycles. The Morgan fingerprint density at radius 1 is 1.31 bits per heavy atom. The highest BCUT2D eigenvalue weighted by atomic mass is 16.3. The molecule has 2 rings (SSSR count). The third-order valence-electron chi connectivity index (χ3n) is 2.00. The zero-order valence-corrected chi connectivity index (χ0v) is 6.97. The Morgan fingerprint density at radius 3 is 2.85 bits per heavy atom. The van der Waals surface area contributed by atoms with Crippen molar-refractivity contribution in [2.75, 3.05) is 6.61 Å². The van der Waals surface area contributed by atoms with Gasteiger partial charge in [0.2, 0.25) is 0 Å². The molecule has 3 nitrogen and oxygen atoms in total. The fraction of sp³-hybridized carbons (Fsp3) is 0.100. The lowest BCUT2D eigenvalue weighted by Crippen LogP contribution is -2.12. The van der Waals surface area contributed by atoms with Crippen LogP contribution in [0.4, 0.5) is 0 Å². The predicted molar refractivity (Wildman–Crippen MR) is 49.7 cm³/mol. The fourth-order valence-electron chi connectivity index (χ4n) is 1.38. The predicted octanol–water partition coefficient (Wildman–Crippen LogP) is 1.27. The van der Waals surface area contributed by atoms with Gasteiger partial charge in [-0.1, -0.05) is 18.2 Å². The Bertz CT molecular complexity index is 445. The lowest BCUT2D eigenvalue weighted by Gasteiger charge is -1.99. The molecule has 0 aliphatic heterocycles. The number of benzene rings is 1. The molecular formula is C10H9NO2. The largest absolute Gasteiger partial charge is 0.387 e. The molecule has 0 atom stereocenters. The number of carbonyl (C=O) groups is 1. The van der Waals surface area contributed by atoms with E-state index in [9.17, 15) is 4.79 Å². The summed E-state index contributed by atoms with van der Waals surface area (Å²) in [6.45, 7) is -0.460. The van der Waals surface area contributed by atoms with Crippen LogP contribution in [0.3, 0.4) is 0 Å². The van der Waals surface area contributed by atoms with Crippen LogP contribution in [0, 0.1) is 0 Å². The maximum Gasteiger partial charge on any atom is 0.256 e. The van der Waals surface area contributed by atoms with Crippen molar-refractivity contribution in [2.24, 2.45) is 0 Å². The van der Waals surface area contributed by atoms with Gasteiger partial charge in [-0.05, 0) is 12.1 Å². The highest BCUT2D eigenvalue weighted by molar-refractivity contribution is 5.92. The second-order valence-corrected chi connectivity index (χ2v) is 2.80. The molecule has 0 fully saturated rings. The van der Waals surface area contributed by atoms with Crippen molar-refractivity contribution >= 4 is 16.8 Å². The maximum atomic E-state index is 11.2. The summed E-state index contributed by atoms with van der Waals surface area (Å²) in [7, 11) is 0. The third-order valence-corrected chi connectivity index (χ3v) is 2.00. The van der Waals surface area contributed by atoms with Crippen LogP contribution < -0.4 is 0 Å². The summed E-state index contributed by atoms with van der Waals surface area (Å²) < 4.78 is 1.45. The lowest BCUT2D eigenvalue weighted by molar-refractivity contribution is 0.0824. The number of hydrogen-bond acceptors (Lipinski definition) is 2. The van der Waals surface area contributed by atoms with E-state index in [2.05, 4.69) is 0 Å². The zero-order chi connectivity index (χ0) is 9.26. The van der Waals surface area contributed by atoms with Gasteiger partial charge in [-0.25, -0.2) is 0 Å². The summed E-state index contributed by atoms with van der Waals surface area (Å²) >= 11 is 0. The van der Waals surface area contributed by atoms with Crippen LogP contribution in [-0.4, -0.2) is 22.2 Å². The van der Waals surface area contributed by atoms with E-state index in [1.165, 1.54) is 4.57 Å². The van der Waals surface area contributed by atoms with Gasteiger partial charge in [0.15, 0.2) is 0 Å². The first kappa shape index (κ1) is 8.01. The quantitative estimate of drug-likeness (QED) is 0.709. The van der Waals surface area contributed by atoms with Gasteiger partial charge < -0.3 is 5.11 Å². The highest BCUT2D eigenvalue weighted by Gasteiger charge is 2.05. The fourth-order valence-corrected chi connectivity index (χ4v) is 1.38. The van der Waals surface area contributed by atoms with Crippen LogP contribution in [0.25, 0.3) is 10.9 Å². The molecule has 0 radical (unpaired) electrons. The molecule has 1 aromatic heterocycles. The molecule has 13 heavy (non-hydrogen) atoms. The first-order valence-electron chi connectivity index (χ1n) is 4.03. The molecule has 66 valence electrons. The number of aliphatic hydroxyl groups is 1. The molecule has 1 N–H and O–H groups in total. The third kappa shape index (κ3) is 1.23. The molecule has 0 aliphatic carbocycles. The van der Waals surface area contributed by atoms with E-state index in [1.807, 2.05) is 30.3 Å². The van der Waals surface area contributed by atoms with Gasteiger partial charge in [0.1, 0.15) is 6.61 Å². The monoisotopic (exact) mass is 175 g/mol. The average Bonchev–Trinajstić information content (AvgIpc) is 2.60. The normalized spacial score (nSPS) is 10.5. The summed E-state index contributed by atoms with van der Waals surface area (Å²) in [6, 6.07) is 9.40. The minimum atomic E-state index is -0.460. The Balaban J connectivity index is 2.64. The lowest BCUT2D eigenvalue weighted by atomic mass is 10.2. The summed E-state index contributed by atoms with van der Waals surface area (Å²) in [4.78, 5) is 11.2. The van der Waals surface area contributed by atoms with E-state index in [-0.39, 0.29) is 5.91 Å². The van der Waals surface area contributed by atoms with Crippen molar-refractivity contribution in [3.05, 3.63) is 36.5 Å². The first-order chi connectivity index (χ1) is 6.33. The van der Waals surface area contributed by atoms with E-state index in [0.29, 0.717) is 0 Å². The van der Waals surface area contributed by atoms with Crippen LogP contribution in [0.1, 0.15) is 4.79 Å². The highest BCUT2D eigenvalue weighted by Crippen LogP contribution is 2.14. The Morgan fingerprint density at radius 2 is 2.08 bits per heavy atom. The minimum Gasteiger partial charge on any atom is -0.387 e. The average molecular weight is 175 g/mol. The van der Waals surface area contributed by atoms with Gasteiger partial charge in [0.05, 0.1) is 5.52 Å². The molecule has 0 spiro atoms. The van der Waals surface area contributed by atoms with Crippen molar-refractivity contribution in [3.8, 4) is 0 Å². The van der Waals surface area contributed by atoms with Crippen LogP contribution in [0.5, 0.6) is 0 Å². The number of hydrogen-bond donors (Lipinski definition) is 1. The van der Waals surface area contributed by atoms with Crippen molar-refractivity contribution in [1.29, 1.82) is 0 Å². The van der Waals surface area contributed by atoms with E-state index in [4.69, 9.17) is 5.11 Å². The van der Waals surface area contributed by atoms with E-state index >= 15 is 0 Å². The van der Waals surface area contributed by atoms with Gasteiger partial charge in [-0.15, -0.1) is 0 Å². The smallest absolute Gasteiger partial charge is 0.256 e. The second-order valence-electron chi connectivity index (χ2n) is 2.80. The summed E-state index contributed by atoms with van der Waals surface area (Å²) in [5, 5.41) is 9.70. The van der Waals surface area contributed by atoms with Gasteiger partial charge in [0, 0.05) is 11.6 Å². The zero-order valence-electron chi connectivity index (χ0n) is 6.97. The molecule has 0 saturated heterocycles. The Kier molecular flexibility index (Phi) is 1.87. The van der Waals surface area contributed by atoms with Gasteiger partial charge in [-0.3, -0.25) is 9.36 Å². The molecular weight excluding hydrogens is 166 g/mol. The van der Waals surface area contributed by atoms with Crippen LogP contribution in [-0.2, 0) is 0 Å². The molecule has 0 aliphatic rings. The van der Waals surface area contributed by atoms with Crippen molar-refractivity contribution in [3.63, 3.8) is 0 Å². The molecule has 1 aromatic carbocycles. The number of fused-ring (bicyclic) bond motifs is 1. The van der Waals surface area contributed by atoms with Gasteiger partial charge >= 0.3 is 0 Å². The first-order valence-corrected chi connectivity index (χ1v) is 4.03. The van der Waals surface area contributed by atoms with Crippen molar-refractivity contribution in [2.45, 2.75) is 0 Å². The number of nitrogens with zero attached hydrogens (tertiary/aromatic N) is 1. The van der Waals surface area contributed by atoms with E-state index in [0.717, 1.165) is 10.9 Å². The number of para-hydroxylation sites is 1. The van der Waals surface area contributed by atoms with Crippen LogP contribution in [0.15, 0.2) is 36.5 Å². The van der Waals surface area contributed by atoms with Gasteiger partial charge in [0.25, 0.3) is 5.91 Å². The van der Waals surface area contributed by atoms with Gasteiger partial charge in [-0.2, -0.15) is 0 Å². The molecule has 0 amide bonds. The number of aromatic nitrogens is 1. The molecule has 3 heteroatoms. The Labute approximate surface area is 75.2 Å². The van der Waals surface area contributed by atoms with Crippen molar-refractivity contribution in [1.82, 2.24) is 4.57 Å².